The molecule has 10 heteroatoms. The van der Waals surface area contributed by atoms with Crippen molar-refractivity contribution in [2.24, 2.45) is 5.92 Å². The summed E-state index contributed by atoms with van der Waals surface area (Å²) in [5.41, 5.74) is 0.486. The third kappa shape index (κ3) is 4.38. The molecule has 0 saturated carbocycles. The highest BCUT2D eigenvalue weighted by Crippen LogP contribution is 2.38. The molecule has 2 rings (SSSR count). The molecule has 0 bridgehead atoms. The lowest BCUT2D eigenvalue weighted by Crippen LogP contribution is -2.53. The maximum atomic E-state index is 12.6. The number of Topliss-reactive ketones (excluding diaryl/α,β-unsaturated/α-hetero) is 1. The lowest BCUT2D eigenvalue weighted by molar-refractivity contribution is -0.384. The van der Waals surface area contributed by atoms with Gasteiger partial charge in [0.05, 0.1) is 4.92 Å². The molecule has 0 spiro atoms. The summed E-state index contributed by atoms with van der Waals surface area (Å²) < 4.78 is 5.25. The van der Waals surface area contributed by atoms with Gasteiger partial charge in [-0.15, -0.1) is 12.6 Å². The standard InChI is InChI=1S/C17H21N3O6S/c1-11(21)13-8-17(27,15(22)18(2)3)19(9-13)16(23)26-10-12-4-6-14(7-5-12)20(24)25/h4-7,13,27H,8-10H2,1-3H3/t13-,17+/m1/s1. The molecule has 0 aromatic heterocycles. The number of ketones is 1. The summed E-state index contributed by atoms with van der Waals surface area (Å²) in [6.45, 7) is 1.32. The highest BCUT2D eigenvalue weighted by molar-refractivity contribution is 7.82. The molecule has 9 nitrogen and oxygen atoms in total. The van der Waals surface area contributed by atoms with Gasteiger partial charge in [0.15, 0.2) is 4.87 Å². The molecule has 0 aliphatic carbocycles. The van der Waals surface area contributed by atoms with E-state index in [1.165, 1.54) is 36.1 Å². The molecule has 27 heavy (non-hydrogen) atoms. The molecular weight excluding hydrogens is 374 g/mol. The molecule has 1 aliphatic heterocycles. The number of carbonyl (C=O) groups is 3. The van der Waals surface area contributed by atoms with E-state index < -0.39 is 27.7 Å². The molecule has 0 unspecified atom stereocenters. The first-order chi connectivity index (χ1) is 12.6. The second-order valence-electron chi connectivity index (χ2n) is 6.62. The van der Waals surface area contributed by atoms with Crippen LogP contribution >= 0.6 is 12.6 Å². The van der Waals surface area contributed by atoms with Crippen molar-refractivity contribution in [3.63, 3.8) is 0 Å². The van der Waals surface area contributed by atoms with Crippen molar-refractivity contribution in [2.45, 2.75) is 24.8 Å². The average Bonchev–Trinajstić information content (AvgIpc) is 2.98. The average molecular weight is 395 g/mol. The first-order valence-electron chi connectivity index (χ1n) is 8.18. The fraction of sp³-hybridized carbons (Fsp3) is 0.471. The predicted octanol–water partition coefficient (Wildman–Crippen LogP) is 1.86. The van der Waals surface area contributed by atoms with Crippen LogP contribution in [0.15, 0.2) is 24.3 Å². The summed E-state index contributed by atoms with van der Waals surface area (Å²) in [6, 6.07) is 5.58. The number of ether oxygens (including phenoxy) is 1. The Kier molecular flexibility index (Phi) is 6.09. The zero-order valence-corrected chi connectivity index (χ0v) is 16.1. The first-order valence-corrected chi connectivity index (χ1v) is 8.63. The Bertz CT molecular complexity index is 766. The van der Waals surface area contributed by atoms with Crippen molar-refractivity contribution in [1.29, 1.82) is 0 Å². The zero-order valence-electron chi connectivity index (χ0n) is 15.2. The SMILES string of the molecule is CC(=O)[C@H]1CN(C(=O)OCc2ccc([N+](=O)[O-])cc2)[C@@](S)(C(=O)N(C)C)C1. The van der Waals surface area contributed by atoms with Crippen LogP contribution < -0.4 is 0 Å². The van der Waals surface area contributed by atoms with Crippen molar-refractivity contribution in [1.82, 2.24) is 9.80 Å². The molecule has 2 amide bonds. The van der Waals surface area contributed by atoms with E-state index in [1.54, 1.807) is 14.1 Å². The molecule has 146 valence electrons. The topological polar surface area (TPSA) is 110 Å². The smallest absolute Gasteiger partial charge is 0.411 e. The Hall–Kier alpha value is -2.62. The predicted molar refractivity (Wildman–Crippen MR) is 99.2 cm³/mol. The zero-order chi connectivity index (χ0) is 20.4. The van der Waals surface area contributed by atoms with Crippen LogP contribution in [0.2, 0.25) is 0 Å². The second kappa shape index (κ2) is 7.95. The van der Waals surface area contributed by atoms with Gasteiger partial charge in [-0.05, 0) is 24.6 Å². The van der Waals surface area contributed by atoms with Gasteiger partial charge in [-0.2, -0.15) is 0 Å². The van der Waals surface area contributed by atoms with Crippen LogP contribution in [0.25, 0.3) is 0 Å². The normalized spacial score (nSPS) is 21.6. The summed E-state index contributed by atoms with van der Waals surface area (Å²) in [4.78, 5) is 48.0. The van der Waals surface area contributed by atoms with Gasteiger partial charge >= 0.3 is 6.09 Å². The van der Waals surface area contributed by atoms with Gasteiger partial charge in [0, 0.05) is 45.1 Å². The van der Waals surface area contributed by atoms with Crippen molar-refractivity contribution in [3.05, 3.63) is 39.9 Å². The summed E-state index contributed by atoms with van der Waals surface area (Å²) in [7, 11) is 3.09. The number of nitro benzene ring substituents is 1. The van der Waals surface area contributed by atoms with E-state index in [1.807, 2.05) is 0 Å². The molecule has 1 aromatic rings. The molecule has 2 atom stereocenters. The van der Waals surface area contributed by atoms with E-state index in [4.69, 9.17) is 4.74 Å². The number of rotatable bonds is 5. The first kappa shape index (κ1) is 20.7. The number of hydrogen-bond donors (Lipinski definition) is 1. The lowest BCUT2D eigenvalue weighted by Gasteiger charge is -2.33. The largest absolute Gasteiger partial charge is 0.445 e. The summed E-state index contributed by atoms with van der Waals surface area (Å²) >= 11 is 4.43. The maximum Gasteiger partial charge on any atom is 0.411 e. The Morgan fingerprint density at radius 3 is 2.41 bits per heavy atom. The van der Waals surface area contributed by atoms with Gasteiger partial charge in [0.1, 0.15) is 12.4 Å². The van der Waals surface area contributed by atoms with Crippen molar-refractivity contribution in [3.8, 4) is 0 Å². The number of non-ortho nitro benzene ring substituents is 1. The van der Waals surface area contributed by atoms with Crippen LogP contribution in [0.1, 0.15) is 18.9 Å². The van der Waals surface area contributed by atoms with Crippen molar-refractivity contribution >= 4 is 36.1 Å². The molecule has 1 saturated heterocycles. The van der Waals surface area contributed by atoms with Gasteiger partial charge in [0.25, 0.3) is 11.6 Å². The van der Waals surface area contributed by atoms with E-state index in [0.29, 0.717) is 5.56 Å². The third-order valence-corrected chi connectivity index (χ3v) is 5.05. The van der Waals surface area contributed by atoms with Crippen LogP contribution in [0.3, 0.4) is 0 Å². The minimum Gasteiger partial charge on any atom is -0.445 e. The van der Waals surface area contributed by atoms with E-state index in [9.17, 15) is 24.5 Å². The molecule has 0 N–H and O–H groups in total. The summed E-state index contributed by atoms with van der Waals surface area (Å²) in [6.07, 6.45) is -0.669. The molecular formula is C17H21N3O6S. The molecule has 1 aliphatic rings. The van der Waals surface area contributed by atoms with Gasteiger partial charge in [-0.1, -0.05) is 0 Å². The van der Waals surface area contributed by atoms with Gasteiger partial charge in [0.2, 0.25) is 0 Å². The highest BCUT2D eigenvalue weighted by Gasteiger charge is 2.53. The minimum absolute atomic E-state index is 0.0392. The monoisotopic (exact) mass is 395 g/mol. The maximum absolute atomic E-state index is 12.6. The van der Waals surface area contributed by atoms with Crippen LogP contribution in [0.5, 0.6) is 0 Å². The number of likely N-dealkylation sites (N-methyl/N-ethyl adjacent to an activating group) is 1. The number of nitro groups is 1. The number of likely N-dealkylation sites (tertiary alicyclic amines) is 1. The Labute approximate surface area is 161 Å². The molecule has 0 radical (unpaired) electrons. The molecule has 1 fully saturated rings. The quantitative estimate of drug-likeness (QED) is 0.463. The number of hydrogen-bond acceptors (Lipinski definition) is 7. The Morgan fingerprint density at radius 1 is 1.33 bits per heavy atom. The third-order valence-electron chi connectivity index (χ3n) is 4.43. The number of thiol groups is 1. The number of carbonyl (C=O) groups excluding carboxylic acids is 3. The Balaban J connectivity index is 2.13. The number of benzene rings is 1. The molecule has 1 heterocycles. The summed E-state index contributed by atoms with van der Waals surface area (Å²) in [5.74, 6) is -1.05. The number of nitrogens with zero attached hydrogens (tertiary/aromatic N) is 3. The van der Waals surface area contributed by atoms with E-state index >= 15 is 0 Å². The van der Waals surface area contributed by atoms with Gasteiger partial charge in [-0.25, -0.2) is 4.79 Å². The van der Waals surface area contributed by atoms with Crippen LogP contribution in [0.4, 0.5) is 10.5 Å². The van der Waals surface area contributed by atoms with Crippen LogP contribution in [-0.4, -0.2) is 58.0 Å². The van der Waals surface area contributed by atoms with E-state index in [0.717, 1.165) is 4.90 Å². The van der Waals surface area contributed by atoms with E-state index in [2.05, 4.69) is 12.6 Å². The van der Waals surface area contributed by atoms with Gasteiger partial charge < -0.3 is 9.64 Å². The lowest BCUT2D eigenvalue weighted by atomic mass is 10.0. The van der Waals surface area contributed by atoms with E-state index in [-0.39, 0.29) is 31.0 Å². The highest BCUT2D eigenvalue weighted by atomic mass is 32.1. The molecule has 1 aromatic carbocycles. The summed E-state index contributed by atoms with van der Waals surface area (Å²) in [5, 5.41) is 10.7. The number of amides is 2. The van der Waals surface area contributed by atoms with Crippen molar-refractivity contribution < 1.29 is 24.0 Å². The van der Waals surface area contributed by atoms with Crippen molar-refractivity contribution in [2.75, 3.05) is 20.6 Å². The van der Waals surface area contributed by atoms with Crippen LogP contribution in [-0.2, 0) is 20.9 Å². The fourth-order valence-electron chi connectivity index (χ4n) is 2.89. The minimum atomic E-state index is -1.47. The van der Waals surface area contributed by atoms with Crippen LogP contribution in [0, 0.1) is 16.0 Å². The van der Waals surface area contributed by atoms with Gasteiger partial charge in [-0.3, -0.25) is 24.6 Å². The second-order valence-corrected chi connectivity index (χ2v) is 7.36. The fourth-order valence-corrected chi connectivity index (χ4v) is 3.47. The Morgan fingerprint density at radius 2 is 1.93 bits per heavy atom.